The summed E-state index contributed by atoms with van der Waals surface area (Å²) in [6, 6.07) is 5.50. The molecule has 0 fully saturated rings. The summed E-state index contributed by atoms with van der Waals surface area (Å²) in [6.07, 6.45) is 1.02. The maximum absolute atomic E-state index is 12.9. The Kier molecular flexibility index (Phi) is 6.23. The number of aromatic nitrogens is 1. The number of benzene rings is 1. The molecule has 4 N–H and O–H groups in total. The normalized spacial score (nSPS) is 10.4. The molecule has 2 aromatic rings. The minimum atomic E-state index is -0.958. The fourth-order valence-corrected chi connectivity index (χ4v) is 2.09. The van der Waals surface area contributed by atoms with Gasteiger partial charge in [0.25, 0.3) is 11.8 Å². The van der Waals surface area contributed by atoms with Crippen molar-refractivity contribution in [2.24, 2.45) is 0 Å². The molecule has 10 heteroatoms. The van der Waals surface area contributed by atoms with Crippen LogP contribution in [-0.4, -0.2) is 27.0 Å². The average Bonchev–Trinajstić information content (AvgIpc) is 2.60. The Morgan fingerprint density at radius 1 is 1.24 bits per heavy atom. The minimum Gasteiger partial charge on any atom is -0.505 e. The number of nitrogens with zero attached hydrogens (tertiary/aromatic N) is 1. The van der Waals surface area contributed by atoms with Gasteiger partial charge in [0.1, 0.15) is 5.82 Å². The lowest BCUT2D eigenvalue weighted by molar-refractivity contribution is 0.0769. The Bertz CT molecular complexity index is 785. The highest BCUT2D eigenvalue weighted by atomic mass is 35.5. The molecule has 2 amide bonds. The van der Waals surface area contributed by atoms with Crippen LogP contribution in [0.25, 0.3) is 0 Å². The summed E-state index contributed by atoms with van der Waals surface area (Å²) in [5, 5.41) is 22.0. The van der Waals surface area contributed by atoms with Crippen LogP contribution in [0.1, 0.15) is 32.0 Å². The van der Waals surface area contributed by atoms with E-state index < -0.39 is 35.7 Å². The van der Waals surface area contributed by atoms with E-state index in [9.17, 15) is 24.2 Å². The highest BCUT2D eigenvalue weighted by molar-refractivity contribution is 6.08. The van der Waals surface area contributed by atoms with Crippen molar-refractivity contribution in [1.29, 1.82) is 0 Å². The summed E-state index contributed by atoms with van der Waals surface area (Å²) in [4.78, 5) is 27.5. The molecule has 1 heterocycles. The van der Waals surface area contributed by atoms with Crippen LogP contribution >= 0.6 is 11.9 Å². The smallest absolute Gasteiger partial charge is 0.298 e. The summed E-state index contributed by atoms with van der Waals surface area (Å²) in [5.41, 5.74) is 1.61. The average molecular weight is 370 g/mol. The Labute approximate surface area is 146 Å². The summed E-state index contributed by atoms with van der Waals surface area (Å²) in [5.74, 6) is -2.68. The van der Waals surface area contributed by atoms with Crippen LogP contribution in [0, 0.1) is 5.82 Å². The molecular weight excluding hydrogens is 357 g/mol. The monoisotopic (exact) mass is 369 g/mol. The second-order valence-corrected chi connectivity index (χ2v) is 4.98. The number of halogens is 2. The first-order chi connectivity index (χ1) is 12.0. The third-order valence-electron chi connectivity index (χ3n) is 3.27. The first kappa shape index (κ1) is 18.6. The molecule has 8 nitrogen and oxygen atoms in total. The molecule has 0 aliphatic rings. The van der Waals surface area contributed by atoms with Crippen LogP contribution in [0.3, 0.4) is 0 Å². The zero-order valence-electron chi connectivity index (χ0n) is 12.6. The van der Waals surface area contributed by atoms with Gasteiger partial charge in [-0.25, -0.2) is 14.9 Å². The van der Waals surface area contributed by atoms with Gasteiger partial charge < -0.3 is 15.5 Å². The molecule has 0 aliphatic heterocycles. The molecule has 0 saturated carbocycles. The summed E-state index contributed by atoms with van der Waals surface area (Å²) < 4.78 is 16.8. The largest absolute Gasteiger partial charge is 0.505 e. The van der Waals surface area contributed by atoms with E-state index in [2.05, 4.69) is 14.7 Å². The van der Waals surface area contributed by atoms with Gasteiger partial charge in [-0.1, -0.05) is 12.1 Å². The molecule has 0 aliphatic carbocycles. The third kappa shape index (κ3) is 4.41. The van der Waals surface area contributed by atoms with Crippen molar-refractivity contribution < 1.29 is 28.6 Å². The van der Waals surface area contributed by atoms with Crippen molar-refractivity contribution in [2.45, 2.75) is 13.2 Å². The van der Waals surface area contributed by atoms with Gasteiger partial charge in [0.2, 0.25) is 0 Å². The Balaban J connectivity index is 2.19. The van der Waals surface area contributed by atoms with Crippen LogP contribution in [0.2, 0.25) is 0 Å². The SMILES string of the molecule is O=C(NCc1ccc(F)cc1)c1cnc(C(=O)NOCl)c(O)c1CO. The lowest BCUT2D eigenvalue weighted by Gasteiger charge is -2.12. The number of hydrogen-bond donors (Lipinski definition) is 4. The van der Waals surface area contributed by atoms with Gasteiger partial charge in [0.05, 0.1) is 24.0 Å². The Morgan fingerprint density at radius 3 is 2.52 bits per heavy atom. The molecule has 0 unspecified atom stereocenters. The molecule has 0 spiro atoms. The van der Waals surface area contributed by atoms with Gasteiger partial charge in [-0.3, -0.25) is 9.59 Å². The first-order valence-electron chi connectivity index (χ1n) is 6.90. The molecule has 0 saturated heterocycles. The van der Waals surface area contributed by atoms with E-state index in [1.807, 2.05) is 0 Å². The van der Waals surface area contributed by atoms with Crippen molar-refractivity contribution in [3.05, 3.63) is 58.7 Å². The molecule has 0 bridgehead atoms. The second kappa shape index (κ2) is 8.38. The van der Waals surface area contributed by atoms with E-state index in [1.165, 1.54) is 24.3 Å². The highest BCUT2D eigenvalue weighted by Gasteiger charge is 2.22. The summed E-state index contributed by atoms with van der Waals surface area (Å²) in [6.45, 7) is -0.622. The van der Waals surface area contributed by atoms with Gasteiger partial charge in [-0.15, -0.1) is 0 Å². The Hall–Kier alpha value is -2.75. The second-order valence-electron chi connectivity index (χ2n) is 4.82. The summed E-state index contributed by atoms with van der Waals surface area (Å²) in [7, 11) is 0. The van der Waals surface area contributed by atoms with Crippen LogP contribution in [0.4, 0.5) is 4.39 Å². The molecule has 132 valence electrons. The van der Waals surface area contributed by atoms with Crippen LogP contribution in [-0.2, 0) is 17.5 Å². The number of pyridine rings is 1. The molecular formula is C15H13ClFN3O5. The van der Waals surface area contributed by atoms with Crippen molar-refractivity contribution in [1.82, 2.24) is 15.8 Å². The number of hydroxylamine groups is 1. The Morgan fingerprint density at radius 2 is 1.92 bits per heavy atom. The van der Waals surface area contributed by atoms with E-state index in [0.717, 1.165) is 6.20 Å². The molecule has 25 heavy (non-hydrogen) atoms. The summed E-state index contributed by atoms with van der Waals surface area (Å²) >= 11 is 4.88. The fourth-order valence-electron chi connectivity index (χ4n) is 2.02. The van der Waals surface area contributed by atoms with E-state index in [0.29, 0.717) is 5.56 Å². The number of nitrogens with one attached hydrogen (secondary N) is 2. The van der Waals surface area contributed by atoms with Gasteiger partial charge in [0, 0.05) is 18.3 Å². The number of aliphatic hydroxyl groups excluding tert-OH is 1. The zero-order chi connectivity index (χ0) is 18.4. The zero-order valence-corrected chi connectivity index (χ0v) is 13.4. The molecule has 2 rings (SSSR count). The van der Waals surface area contributed by atoms with Crippen LogP contribution in [0.15, 0.2) is 30.5 Å². The maximum Gasteiger partial charge on any atom is 0.298 e. The first-order valence-corrected chi connectivity index (χ1v) is 7.21. The van der Waals surface area contributed by atoms with Crippen molar-refractivity contribution in [3.63, 3.8) is 0 Å². The van der Waals surface area contributed by atoms with Gasteiger partial charge in [-0.2, -0.15) is 4.39 Å². The predicted molar refractivity (Wildman–Crippen MR) is 83.8 cm³/mol. The van der Waals surface area contributed by atoms with E-state index >= 15 is 0 Å². The lowest BCUT2D eigenvalue weighted by Crippen LogP contribution is -2.26. The standard InChI is InChI=1S/C15H13ClFN3O5/c16-25-20-15(24)12-13(22)11(7-21)10(6-18-12)14(23)19-5-8-1-3-9(17)4-2-8/h1-4,6,21-22H,5,7H2,(H,19,23)(H,20,24). The van der Waals surface area contributed by atoms with E-state index in [4.69, 9.17) is 11.9 Å². The van der Waals surface area contributed by atoms with Gasteiger partial charge in [0.15, 0.2) is 11.4 Å². The number of aromatic hydroxyl groups is 1. The maximum atomic E-state index is 12.9. The number of carbonyl (C=O) groups excluding carboxylic acids is 2. The quantitative estimate of drug-likeness (QED) is 0.567. The number of hydrogen-bond acceptors (Lipinski definition) is 6. The number of amides is 2. The fraction of sp³-hybridized carbons (Fsp3) is 0.133. The lowest BCUT2D eigenvalue weighted by atomic mass is 10.1. The van der Waals surface area contributed by atoms with Crippen LogP contribution in [0.5, 0.6) is 5.75 Å². The van der Waals surface area contributed by atoms with E-state index in [-0.39, 0.29) is 17.7 Å². The van der Waals surface area contributed by atoms with Crippen molar-refractivity contribution >= 4 is 23.7 Å². The number of rotatable bonds is 6. The van der Waals surface area contributed by atoms with Gasteiger partial charge in [-0.05, 0) is 17.7 Å². The van der Waals surface area contributed by atoms with Crippen molar-refractivity contribution in [2.75, 3.05) is 0 Å². The van der Waals surface area contributed by atoms with Crippen LogP contribution < -0.4 is 10.8 Å². The third-order valence-corrected chi connectivity index (χ3v) is 3.35. The number of aliphatic hydroxyl groups is 1. The van der Waals surface area contributed by atoms with Gasteiger partial charge >= 0.3 is 0 Å². The minimum absolute atomic E-state index is 0.0903. The molecule has 1 aromatic carbocycles. The van der Waals surface area contributed by atoms with Crippen molar-refractivity contribution in [3.8, 4) is 5.75 Å². The molecule has 0 atom stereocenters. The predicted octanol–water partition coefficient (Wildman–Crippen LogP) is 1.16. The molecule has 1 aromatic heterocycles. The highest BCUT2D eigenvalue weighted by Crippen LogP contribution is 2.24. The molecule has 0 radical (unpaired) electrons. The van der Waals surface area contributed by atoms with E-state index in [1.54, 1.807) is 5.48 Å². The topological polar surface area (TPSA) is 121 Å². The number of carbonyl (C=O) groups is 2.